The molecule has 1 N–H and O–H groups in total. The van der Waals surface area contributed by atoms with Crippen LogP contribution in [0.4, 0.5) is 10.5 Å². The number of benzene rings is 2. The van der Waals surface area contributed by atoms with Gasteiger partial charge in [-0.1, -0.05) is 24.3 Å². The van der Waals surface area contributed by atoms with E-state index in [1.165, 1.54) is 10.9 Å². The van der Waals surface area contributed by atoms with E-state index in [0.29, 0.717) is 37.1 Å². The van der Waals surface area contributed by atoms with Gasteiger partial charge in [-0.05, 0) is 43.2 Å². The molecule has 4 rings (SSSR count). The summed E-state index contributed by atoms with van der Waals surface area (Å²) >= 11 is 0. The van der Waals surface area contributed by atoms with Crippen LogP contribution in [0.15, 0.2) is 53.6 Å². The molecule has 1 aliphatic heterocycles. The van der Waals surface area contributed by atoms with Gasteiger partial charge in [0.1, 0.15) is 6.54 Å². The monoisotopic (exact) mass is 419 g/mol. The van der Waals surface area contributed by atoms with Crippen molar-refractivity contribution in [1.82, 2.24) is 19.4 Å². The Morgan fingerprint density at radius 3 is 2.45 bits per heavy atom. The van der Waals surface area contributed by atoms with Crippen molar-refractivity contribution < 1.29 is 9.59 Å². The number of carbonyl (C=O) groups is 2. The Morgan fingerprint density at radius 2 is 1.71 bits per heavy atom. The van der Waals surface area contributed by atoms with E-state index >= 15 is 0 Å². The Morgan fingerprint density at radius 1 is 1.00 bits per heavy atom. The molecule has 1 fully saturated rings. The van der Waals surface area contributed by atoms with E-state index in [-0.39, 0.29) is 24.0 Å². The highest BCUT2D eigenvalue weighted by molar-refractivity contribution is 5.89. The van der Waals surface area contributed by atoms with Crippen molar-refractivity contribution in [2.75, 3.05) is 31.5 Å². The highest BCUT2D eigenvalue weighted by atomic mass is 16.2. The molecule has 0 aliphatic carbocycles. The average Bonchev–Trinajstić information content (AvgIpc) is 2.76. The minimum Gasteiger partial charge on any atom is -0.338 e. The lowest BCUT2D eigenvalue weighted by Gasteiger charge is -2.34. The van der Waals surface area contributed by atoms with E-state index in [1.807, 2.05) is 50.2 Å². The first-order chi connectivity index (χ1) is 14.9. The molecule has 1 saturated heterocycles. The van der Waals surface area contributed by atoms with Crippen LogP contribution < -0.4 is 10.9 Å². The van der Waals surface area contributed by atoms with Gasteiger partial charge < -0.3 is 15.1 Å². The van der Waals surface area contributed by atoms with Crippen LogP contribution in [0.3, 0.4) is 0 Å². The van der Waals surface area contributed by atoms with E-state index in [9.17, 15) is 14.4 Å². The number of para-hydroxylation sites is 1. The number of hydrogen-bond donors (Lipinski definition) is 1. The normalized spacial score (nSPS) is 14.0. The molecule has 0 saturated carbocycles. The van der Waals surface area contributed by atoms with Gasteiger partial charge >= 0.3 is 6.03 Å². The first kappa shape index (κ1) is 20.6. The number of fused-ring (bicyclic) bond motifs is 1. The Hall–Kier alpha value is -3.68. The van der Waals surface area contributed by atoms with Crippen molar-refractivity contribution in [3.05, 3.63) is 70.3 Å². The van der Waals surface area contributed by atoms with Gasteiger partial charge in [0.2, 0.25) is 5.91 Å². The molecular weight excluding hydrogens is 394 g/mol. The van der Waals surface area contributed by atoms with Crippen LogP contribution >= 0.6 is 0 Å². The predicted molar refractivity (Wildman–Crippen MR) is 119 cm³/mol. The van der Waals surface area contributed by atoms with E-state index in [2.05, 4.69) is 10.3 Å². The molecule has 1 aromatic heterocycles. The number of aromatic nitrogens is 2. The number of nitrogens with zero attached hydrogens (tertiary/aromatic N) is 4. The number of hydrogen-bond acceptors (Lipinski definition) is 4. The third kappa shape index (κ3) is 4.42. The first-order valence-electron chi connectivity index (χ1n) is 10.3. The Kier molecular flexibility index (Phi) is 5.70. The number of anilines is 1. The van der Waals surface area contributed by atoms with E-state index in [1.54, 1.807) is 15.9 Å². The van der Waals surface area contributed by atoms with Crippen LogP contribution in [0.2, 0.25) is 0 Å². The molecule has 1 aliphatic rings. The number of piperazine rings is 1. The molecule has 8 heteroatoms. The number of aryl methyl sites for hydroxylation is 2. The minimum absolute atomic E-state index is 0.0643. The number of nitrogens with one attached hydrogen (secondary N) is 1. The second-order valence-electron chi connectivity index (χ2n) is 7.82. The fraction of sp³-hybridized carbons (Fsp3) is 0.304. The summed E-state index contributed by atoms with van der Waals surface area (Å²) in [7, 11) is 0. The van der Waals surface area contributed by atoms with Crippen molar-refractivity contribution in [3.63, 3.8) is 0 Å². The summed E-state index contributed by atoms with van der Waals surface area (Å²) < 4.78 is 1.35. The van der Waals surface area contributed by atoms with Crippen LogP contribution in [0, 0.1) is 13.8 Å². The number of amides is 3. The van der Waals surface area contributed by atoms with Crippen LogP contribution in [0.5, 0.6) is 0 Å². The van der Waals surface area contributed by atoms with Crippen LogP contribution in [-0.2, 0) is 11.3 Å². The molecule has 31 heavy (non-hydrogen) atoms. The van der Waals surface area contributed by atoms with E-state index in [4.69, 9.17) is 0 Å². The number of urea groups is 1. The SMILES string of the molecule is Cc1cccc(NC(=O)N2CCN(C(=O)Cn3cnc4c(C)cccc4c3=O)CC2)c1. The van der Waals surface area contributed by atoms with Crippen molar-refractivity contribution in [3.8, 4) is 0 Å². The van der Waals surface area contributed by atoms with Gasteiger partial charge in [0.25, 0.3) is 5.56 Å². The first-order valence-corrected chi connectivity index (χ1v) is 10.3. The number of carbonyl (C=O) groups excluding carboxylic acids is 2. The zero-order valence-corrected chi connectivity index (χ0v) is 17.7. The van der Waals surface area contributed by atoms with Crippen molar-refractivity contribution in [1.29, 1.82) is 0 Å². The maximum absolute atomic E-state index is 12.7. The van der Waals surface area contributed by atoms with Gasteiger partial charge in [-0.15, -0.1) is 0 Å². The highest BCUT2D eigenvalue weighted by Gasteiger charge is 2.24. The summed E-state index contributed by atoms with van der Waals surface area (Å²) in [6, 6.07) is 12.9. The van der Waals surface area contributed by atoms with Gasteiger partial charge in [0.15, 0.2) is 0 Å². The average molecular weight is 419 g/mol. The summed E-state index contributed by atoms with van der Waals surface area (Å²) in [5, 5.41) is 3.40. The molecule has 0 bridgehead atoms. The maximum atomic E-state index is 12.7. The zero-order chi connectivity index (χ0) is 22.0. The van der Waals surface area contributed by atoms with Gasteiger partial charge in [-0.25, -0.2) is 9.78 Å². The Balaban J connectivity index is 1.36. The Bertz CT molecular complexity index is 1200. The predicted octanol–water partition coefficient (Wildman–Crippen LogP) is 2.39. The van der Waals surface area contributed by atoms with Crippen molar-refractivity contribution in [2.45, 2.75) is 20.4 Å². The summed E-state index contributed by atoms with van der Waals surface area (Å²) in [4.78, 5) is 45.7. The molecule has 2 heterocycles. The van der Waals surface area contributed by atoms with Gasteiger partial charge in [-0.2, -0.15) is 0 Å². The van der Waals surface area contributed by atoms with E-state index in [0.717, 1.165) is 16.8 Å². The van der Waals surface area contributed by atoms with Gasteiger partial charge in [-0.3, -0.25) is 14.2 Å². The van der Waals surface area contributed by atoms with Crippen molar-refractivity contribution >= 4 is 28.5 Å². The fourth-order valence-electron chi connectivity index (χ4n) is 3.78. The summed E-state index contributed by atoms with van der Waals surface area (Å²) in [5.41, 5.74) is 3.18. The lowest BCUT2D eigenvalue weighted by molar-refractivity contribution is -0.133. The van der Waals surface area contributed by atoms with Crippen molar-refractivity contribution in [2.24, 2.45) is 0 Å². The molecule has 0 radical (unpaired) electrons. The third-order valence-corrected chi connectivity index (χ3v) is 5.55. The second kappa shape index (κ2) is 8.59. The van der Waals surface area contributed by atoms with Crippen LogP contribution in [0.25, 0.3) is 10.9 Å². The molecule has 0 unspecified atom stereocenters. The van der Waals surface area contributed by atoms with Crippen LogP contribution in [-0.4, -0.2) is 57.5 Å². The molecule has 160 valence electrons. The molecule has 8 nitrogen and oxygen atoms in total. The molecular formula is C23H25N5O3. The second-order valence-corrected chi connectivity index (χ2v) is 7.82. The maximum Gasteiger partial charge on any atom is 0.321 e. The molecule has 0 spiro atoms. The molecule has 3 amide bonds. The van der Waals surface area contributed by atoms with Gasteiger partial charge in [0, 0.05) is 31.9 Å². The summed E-state index contributed by atoms with van der Waals surface area (Å²) in [5.74, 6) is -0.158. The van der Waals surface area contributed by atoms with Gasteiger partial charge in [0.05, 0.1) is 17.2 Å². The lowest BCUT2D eigenvalue weighted by atomic mass is 10.1. The largest absolute Gasteiger partial charge is 0.338 e. The Labute approximate surface area is 180 Å². The van der Waals surface area contributed by atoms with Crippen LogP contribution in [0.1, 0.15) is 11.1 Å². The smallest absolute Gasteiger partial charge is 0.321 e. The standard InChI is InChI=1S/C23H25N5O3/c1-16-5-3-7-18(13-16)25-23(31)27-11-9-26(10-12-27)20(29)14-28-15-24-21-17(2)6-4-8-19(21)22(28)30/h3-8,13,15H,9-12,14H2,1-2H3,(H,25,31). The quantitative estimate of drug-likeness (QED) is 0.706. The zero-order valence-electron chi connectivity index (χ0n) is 17.7. The highest BCUT2D eigenvalue weighted by Crippen LogP contribution is 2.13. The third-order valence-electron chi connectivity index (χ3n) is 5.55. The van der Waals surface area contributed by atoms with E-state index < -0.39 is 0 Å². The lowest BCUT2D eigenvalue weighted by Crippen LogP contribution is -2.52. The molecule has 0 atom stereocenters. The molecule has 3 aromatic rings. The summed E-state index contributed by atoms with van der Waals surface area (Å²) in [6.45, 7) is 5.53. The fourth-order valence-corrected chi connectivity index (χ4v) is 3.78. The summed E-state index contributed by atoms with van der Waals surface area (Å²) in [6.07, 6.45) is 1.43. The number of rotatable bonds is 3. The topological polar surface area (TPSA) is 87.5 Å². The molecule has 2 aromatic carbocycles. The minimum atomic E-state index is -0.224.